The molecular weight excluding hydrogens is 316 g/mol. The second-order valence-electron chi connectivity index (χ2n) is 6.07. The lowest BCUT2D eigenvalue weighted by Crippen LogP contribution is -2.05. The predicted octanol–water partition coefficient (Wildman–Crippen LogP) is 4.11. The first-order valence-electron chi connectivity index (χ1n) is 8.28. The van der Waals surface area contributed by atoms with Crippen molar-refractivity contribution in [2.45, 2.75) is 27.7 Å². The van der Waals surface area contributed by atoms with Crippen LogP contribution in [0.1, 0.15) is 34.1 Å². The number of aryl methyl sites for hydroxylation is 3. The van der Waals surface area contributed by atoms with Gasteiger partial charge in [-0.1, -0.05) is 0 Å². The van der Waals surface area contributed by atoms with Crippen molar-refractivity contribution in [3.05, 3.63) is 52.7 Å². The molecule has 0 aliphatic carbocycles. The monoisotopic (exact) mass is 338 g/mol. The predicted molar refractivity (Wildman–Crippen MR) is 97.3 cm³/mol. The molecule has 0 saturated carbocycles. The molecule has 0 radical (unpaired) electrons. The lowest BCUT2D eigenvalue weighted by molar-refractivity contribution is 0.0528. The summed E-state index contributed by atoms with van der Waals surface area (Å²) in [5.74, 6) is 0.504. The Kier molecular flexibility index (Phi) is 4.49. The van der Waals surface area contributed by atoms with Gasteiger partial charge in [0.1, 0.15) is 5.75 Å². The third kappa shape index (κ3) is 2.97. The van der Waals surface area contributed by atoms with Gasteiger partial charge in [0.15, 0.2) is 0 Å². The van der Waals surface area contributed by atoms with Gasteiger partial charge in [0, 0.05) is 11.3 Å². The molecule has 0 atom stereocenters. The van der Waals surface area contributed by atoms with Crippen molar-refractivity contribution in [3.8, 4) is 17.0 Å². The van der Waals surface area contributed by atoms with Gasteiger partial charge in [-0.15, -0.1) is 0 Å². The van der Waals surface area contributed by atoms with E-state index in [1.54, 1.807) is 18.5 Å². The summed E-state index contributed by atoms with van der Waals surface area (Å²) < 4.78 is 12.2. The molecule has 0 amide bonds. The number of carbonyl (C=O) groups is 1. The molecule has 0 unspecified atom stereocenters. The number of nitrogens with zero attached hydrogens (tertiary/aromatic N) is 2. The molecule has 5 nitrogen and oxygen atoms in total. The molecule has 0 spiro atoms. The highest BCUT2D eigenvalue weighted by atomic mass is 16.5. The molecule has 5 heteroatoms. The Labute approximate surface area is 147 Å². The quantitative estimate of drug-likeness (QED) is 0.672. The van der Waals surface area contributed by atoms with Gasteiger partial charge in [0.2, 0.25) is 0 Å². The van der Waals surface area contributed by atoms with E-state index in [1.807, 2.05) is 51.1 Å². The Morgan fingerprint density at radius 1 is 1.12 bits per heavy atom. The molecule has 2 heterocycles. The van der Waals surface area contributed by atoms with Crippen molar-refractivity contribution in [3.63, 3.8) is 0 Å². The fourth-order valence-corrected chi connectivity index (χ4v) is 3.04. The highest BCUT2D eigenvalue weighted by Crippen LogP contribution is 2.29. The zero-order valence-electron chi connectivity index (χ0n) is 15.2. The maximum Gasteiger partial charge on any atom is 0.340 e. The SMILES string of the molecule is CCOC(=O)c1cc(C)n2nc(-c3ccc(OC)cc3C)c(C)cc12. The summed E-state index contributed by atoms with van der Waals surface area (Å²) in [6.45, 7) is 8.13. The van der Waals surface area contributed by atoms with E-state index in [9.17, 15) is 4.79 Å². The zero-order chi connectivity index (χ0) is 18.1. The van der Waals surface area contributed by atoms with Crippen LogP contribution in [0.4, 0.5) is 0 Å². The smallest absolute Gasteiger partial charge is 0.340 e. The van der Waals surface area contributed by atoms with Gasteiger partial charge in [-0.2, -0.15) is 5.10 Å². The number of hydrogen-bond donors (Lipinski definition) is 0. The number of fused-ring (bicyclic) bond motifs is 1. The average Bonchev–Trinajstić information content (AvgIpc) is 2.90. The molecule has 3 aromatic rings. The maximum atomic E-state index is 12.2. The fourth-order valence-electron chi connectivity index (χ4n) is 3.04. The third-order valence-corrected chi connectivity index (χ3v) is 4.30. The van der Waals surface area contributed by atoms with E-state index in [0.29, 0.717) is 12.2 Å². The van der Waals surface area contributed by atoms with Gasteiger partial charge in [-0.05, 0) is 69.2 Å². The van der Waals surface area contributed by atoms with E-state index in [0.717, 1.165) is 39.3 Å². The lowest BCUT2D eigenvalue weighted by atomic mass is 10.0. The number of hydrogen-bond acceptors (Lipinski definition) is 4. The van der Waals surface area contributed by atoms with Crippen LogP contribution >= 0.6 is 0 Å². The van der Waals surface area contributed by atoms with E-state index < -0.39 is 0 Å². The average molecular weight is 338 g/mol. The molecule has 0 saturated heterocycles. The first-order chi connectivity index (χ1) is 12.0. The van der Waals surface area contributed by atoms with Gasteiger partial charge in [0.05, 0.1) is 30.5 Å². The Bertz CT molecular complexity index is 957. The highest BCUT2D eigenvalue weighted by Gasteiger charge is 2.18. The molecule has 1 aromatic carbocycles. The first-order valence-corrected chi connectivity index (χ1v) is 8.28. The van der Waals surface area contributed by atoms with E-state index in [1.165, 1.54) is 0 Å². The second kappa shape index (κ2) is 6.59. The van der Waals surface area contributed by atoms with E-state index >= 15 is 0 Å². The van der Waals surface area contributed by atoms with Crippen LogP contribution in [0.2, 0.25) is 0 Å². The van der Waals surface area contributed by atoms with Crippen LogP contribution in [0.5, 0.6) is 5.75 Å². The van der Waals surface area contributed by atoms with Crippen LogP contribution in [0.3, 0.4) is 0 Å². The molecule has 25 heavy (non-hydrogen) atoms. The summed E-state index contributed by atoms with van der Waals surface area (Å²) in [5.41, 5.74) is 6.24. The number of ether oxygens (including phenoxy) is 2. The summed E-state index contributed by atoms with van der Waals surface area (Å²) in [6.07, 6.45) is 0. The number of aromatic nitrogens is 2. The van der Waals surface area contributed by atoms with Crippen molar-refractivity contribution in [1.29, 1.82) is 0 Å². The zero-order valence-corrected chi connectivity index (χ0v) is 15.2. The Balaban J connectivity index is 2.18. The second-order valence-corrected chi connectivity index (χ2v) is 6.07. The minimum Gasteiger partial charge on any atom is -0.497 e. The lowest BCUT2D eigenvalue weighted by Gasteiger charge is -2.12. The third-order valence-electron chi connectivity index (χ3n) is 4.30. The first kappa shape index (κ1) is 17.0. The van der Waals surface area contributed by atoms with Gasteiger partial charge >= 0.3 is 5.97 Å². The van der Waals surface area contributed by atoms with Gasteiger partial charge in [-0.25, -0.2) is 9.31 Å². The number of carbonyl (C=O) groups excluding carboxylic acids is 1. The molecule has 0 aliphatic rings. The van der Waals surface area contributed by atoms with E-state index in [-0.39, 0.29) is 5.97 Å². The van der Waals surface area contributed by atoms with Crippen LogP contribution in [0.25, 0.3) is 16.8 Å². The fraction of sp³-hybridized carbons (Fsp3) is 0.300. The molecule has 2 aromatic heterocycles. The van der Waals surface area contributed by atoms with Crippen LogP contribution in [0.15, 0.2) is 30.3 Å². The number of methoxy groups -OCH3 is 1. The van der Waals surface area contributed by atoms with Crippen molar-refractivity contribution < 1.29 is 14.3 Å². The summed E-state index contributed by atoms with van der Waals surface area (Å²) in [4.78, 5) is 12.2. The van der Waals surface area contributed by atoms with Crippen molar-refractivity contribution in [2.24, 2.45) is 0 Å². The minimum absolute atomic E-state index is 0.317. The molecule has 0 aliphatic heterocycles. The summed E-state index contributed by atoms with van der Waals surface area (Å²) in [5, 5.41) is 4.79. The molecular formula is C20H22N2O3. The molecule has 0 bridgehead atoms. The van der Waals surface area contributed by atoms with Crippen molar-refractivity contribution >= 4 is 11.5 Å². The van der Waals surface area contributed by atoms with Crippen LogP contribution < -0.4 is 4.74 Å². The summed E-state index contributed by atoms with van der Waals surface area (Å²) in [7, 11) is 1.66. The van der Waals surface area contributed by atoms with Gasteiger partial charge in [-0.3, -0.25) is 0 Å². The van der Waals surface area contributed by atoms with Gasteiger partial charge < -0.3 is 9.47 Å². The standard InChI is InChI=1S/C20H22N2O3/c1-6-25-20(23)17-11-14(4)22-18(17)10-13(3)19(21-22)16-8-7-15(24-5)9-12(16)2/h7-11H,6H2,1-5H3. The summed E-state index contributed by atoms with van der Waals surface area (Å²) >= 11 is 0. The maximum absolute atomic E-state index is 12.2. The molecule has 0 fully saturated rings. The number of benzene rings is 1. The Hall–Kier alpha value is -2.82. The van der Waals surface area contributed by atoms with Crippen molar-refractivity contribution in [2.75, 3.05) is 13.7 Å². The molecule has 3 rings (SSSR count). The molecule has 0 N–H and O–H groups in total. The van der Waals surface area contributed by atoms with Crippen molar-refractivity contribution in [1.82, 2.24) is 9.61 Å². The van der Waals surface area contributed by atoms with Crippen LogP contribution in [-0.2, 0) is 4.74 Å². The largest absolute Gasteiger partial charge is 0.497 e. The number of rotatable bonds is 4. The summed E-state index contributed by atoms with van der Waals surface area (Å²) in [6, 6.07) is 9.75. The minimum atomic E-state index is -0.317. The molecule has 130 valence electrons. The Morgan fingerprint density at radius 3 is 2.52 bits per heavy atom. The topological polar surface area (TPSA) is 52.8 Å². The van der Waals surface area contributed by atoms with Crippen LogP contribution in [0, 0.1) is 20.8 Å². The highest BCUT2D eigenvalue weighted by molar-refractivity contribution is 5.98. The van der Waals surface area contributed by atoms with Gasteiger partial charge in [0.25, 0.3) is 0 Å². The van der Waals surface area contributed by atoms with E-state index in [2.05, 4.69) is 0 Å². The van der Waals surface area contributed by atoms with Crippen LogP contribution in [-0.4, -0.2) is 29.3 Å². The van der Waals surface area contributed by atoms with E-state index in [4.69, 9.17) is 14.6 Å². The normalized spacial score (nSPS) is 10.9. The number of esters is 1. The Morgan fingerprint density at radius 2 is 1.88 bits per heavy atom.